The Kier molecular flexibility index (Phi) is 4.54. The van der Waals surface area contributed by atoms with Crippen LogP contribution in [0.25, 0.3) is 0 Å². The molecule has 1 aliphatic carbocycles. The van der Waals surface area contributed by atoms with E-state index in [0.29, 0.717) is 12.8 Å². The summed E-state index contributed by atoms with van der Waals surface area (Å²) in [6.07, 6.45) is 6.94. The molecule has 1 fully saturated rings. The van der Waals surface area contributed by atoms with Gasteiger partial charge in [0, 0.05) is 0 Å². The Hall–Kier alpha value is -1.69. The Balaban J connectivity index is 2.17. The molecule has 1 aliphatic rings. The SMILES string of the molecule is O=C(NC1(C(=O)O)CCCCCC1)c1cnc(Cl)cn1. The lowest BCUT2D eigenvalue weighted by molar-refractivity contribution is -0.145. The average Bonchev–Trinajstić information content (AvgIpc) is 2.66. The van der Waals surface area contributed by atoms with Crippen LogP contribution in [-0.4, -0.2) is 32.5 Å². The maximum Gasteiger partial charge on any atom is 0.329 e. The summed E-state index contributed by atoms with van der Waals surface area (Å²) < 4.78 is 0. The number of aliphatic carboxylic acids is 1. The summed E-state index contributed by atoms with van der Waals surface area (Å²) in [5, 5.41) is 12.3. The average molecular weight is 298 g/mol. The van der Waals surface area contributed by atoms with E-state index in [1.807, 2.05) is 0 Å². The third-order valence-electron chi connectivity index (χ3n) is 3.57. The van der Waals surface area contributed by atoms with Crippen LogP contribution in [0, 0.1) is 0 Å². The monoisotopic (exact) mass is 297 g/mol. The molecule has 1 amide bonds. The first-order valence-electron chi connectivity index (χ1n) is 6.57. The highest BCUT2D eigenvalue weighted by atomic mass is 35.5. The summed E-state index contributed by atoms with van der Waals surface area (Å²) in [6, 6.07) is 0. The lowest BCUT2D eigenvalue weighted by Crippen LogP contribution is -2.54. The van der Waals surface area contributed by atoms with Crippen LogP contribution in [0.5, 0.6) is 0 Å². The van der Waals surface area contributed by atoms with Gasteiger partial charge in [-0.1, -0.05) is 37.3 Å². The Bertz CT molecular complexity index is 496. The van der Waals surface area contributed by atoms with Gasteiger partial charge in [-0.05, 0) is 12.8 Å². The summed E-state index contributed by atoms with van der Waals surface area (Å²) in [5.74, 6) is -1.52. The smallest absolute Gasteiger partial charge is 0.329 e. The molecule has 2 rings (SSSR count). The van der Waals surface area contributed by atoms with Gasteiger partial charge in [-0.15, -0.1) is 0 Å². The first-order chi connectivity index (χ1) is 9.53. The summed E-state index contributed by atoms with van der Waals surface area (Å²) in [6.45, 7) is 0. The standard InChI is InChI=1S/C13H16ClN3O3/c14-10-8-15-9(7-16-10)11(18)17-13(12(19)20)5-3-1-2-4-6-13/h7-8H,1-6H2,(H,17,18)(H,19,20). The zero-order valence-corrected chi connectivity index (χ0v) is 11.7. The molecular weight excluding hydrogens is 282 g/mol. The number of rotatable bonds is 3. The van der Waals surface area contributed by atoms with Crippen molar-refractivity contribution in [1.29, 1.82) is 0 Å². The number of aromatic nitrogens is 2. The largest absolute Gasteiger partial charge is 0.480 e. The Morgan fingerprint density at radius 2 is 1.80 bits per heavy atom. The van der Waals surface area contributed by atoms with Gasteiger partial charge in [0.15, 0.2) is 0 Å². The first-order valence-corrected chi connectivity index (χ1v) is 6.95. The van der Waals surface area contributed by atoms with Crippen molar-refractivity contribution < 1.29 is 14.7 Å². The first kappa shape index (κ1) is 14.7. The zero-order valence-electron chi connectivity index (χ0n) is 10.9. The topological polar surface area (TPSA) is 92.2 Å². The minimum Gasteiger partial charge on any atom is -0.480 e. The third kappa shape index (κ3) is 3.25. The van der Waals surface area contributed by atoms with Gasteiger partial charge in [0.1, 0.15) is 16.4 Å². The van der Waals surface area contributed by atoms with E-state index in [2.05, 4.69) is 15.3 Å². The van der Waals surface area contributed by atoms with E-state index in [9.17, 15) is 14.7 Å². The molecule has 108 valence electrons. The van der Waals surface area contributed by atoms with E-state index in [4.69, 9.17) is 11.6 Å². The molecule has 2 N–H and O–H groups in total. The van der Waals surface area contributed by atoms with Crippen LogP contribution in [0.1, 0.15) is 49.0 Å². The molecule has 0 radical (unpaired) electrons. The molecule has 0 unspecified atom stereocenters. The van der Waals surface area contributed by atoms with Crippen molar-refractivity contribution in [3.8, 4) is 0 Å². The molecular formula is C13H16ClN3O3. The molecule has 20 heavy (non-hydrogen) atoms. The van der Waals surface area contributed by atoms with E-state index >= 15 is 0 Å². The van der Waals surface area contributed by atoms with E-state index in [1.165, 1.54) is 12.4 Å². The Morgan fingerprint density at radius 1 is 1.15 bits per heavy atom. The lowest BCUT2D eigenvalue weighted by atomic mass is 9.90. The fourth-order valence-corrected chi connectivity index (χ4v) is 2.53. The van der Waals surface area contributed by atoms with Crippen LogP contribution in [-0.2, 0) is 4.79 Å². The number of carboxylic acid groups (broad SMARTS) is 1. The molecule has 0 bridgehead atoms. The van der Waals surface area contributed by atoms with Gasteiger partial charge in [-0.25, -0.2) is 14.8 Å². The fraction of sp³-hybridized carbons (Fsp3) is 0.538. The minimum absolute atomic E-state index is 0.0688. The van der Waals surface area contributed by atoms with Crippen molar-refractivity contribution in [2.75, 3.05) is 0 Å². The van der Waals surface area contributed by atoms with Gasteiger partial charge in [0.05, 0.1) is 12.4 Å². The molecule has 1 saturated carbocycles. The predicted molar refractivity (Wildman–Crippen MR) is 72.6 cm³/mol. The summed E-state index contributed by atoms with van der Waals surface area (Å²) in [5.41, 5.74) is -1.13. The summed E-state index contributed by atoms with van der Waals surface area (Å²) in [4.78, 5) is 31.3. The van der Waals surface area contributed by atoms with Gasteiger partial charge in [0.2, 0.25) is 0 Å². The normalized spacial score (nSPS) is 18.1. The Morgan fingerprint density at radius 3 is 2.30 bits per heavy atom. The highest BCUT2D eigenvalue weighted by Gasteiger charge is 2.40. The number of carbonyl (C=O) groups excluding carboxylic acids is 1. The predicted octanol–water partition coefficient (Wildman–Crippen LogP) is 2.04. The molecule has 1 heterocycles. The van der Waals surface area contributed by atoms with Gasteiger partial charge in [-0.2, -0.15) is 0 Å². The van der Waals surface area contributed by atoms with Crippen molar-refractivity contribution in [3.05, 3.63) is 23.2 Å². The maximum absolute atomic E-state index is 12.1. The maximum atomic E-state index is 12.1. The second kappa shape index (κ2) is 6.17. The molecule has 6 nitrogen and oxygen atoms in total. The highest BCUT2D eigenvalue weighted by Crippen LogP contribution is 2.27. The fourth-order valence-electron chi connectivity index (χ4n) is 2.44. The van der Waals surface area contributed by atoms with E-state index in [0.717, 1.165) is 25.7 Å². The molecule has 0 aliphatic heterocycles. The van der Waals surface area contributed by atoms with Gasteiger partial charge < -0.3 is 10.4 Å². The number of carbonyl (C=O) groups is 2. The third-order valence-corrected chi connectivity index (χ3v) is 3.77. The van der Waals surface area contributed by atoms with E-state index in [-0.39, 0.29) is 10.8 Å². The number of amides is 1. The van der Waals surface area contributed by atoms with Crippen molar-refractivity contribution in [3.63, 3.8) is 0 Å². The minimum atomic E-state index is -1.20. The number of nitrogens with zero attached hydrogens (tertiary/aromatic N) is 2. The van der Waals surface area contributed by atoms with Crippen molar-refractivity contribution in [2.24, 2.45) is 0 Å². The highest BCUT2D eigenvalue weighted by molar-refractivity contribution is 6.29. The van der Waals surface area contributed by atoms with Crippen LogP contribution in [0.4, 0.5) is 0 Å². The van der Waals surface area contributed by atoms with Crippen LogP contribution >= 0.6 is 11.6 Å². The molecule has 0 spiro atoms. The van der Waals surface area contributed by atoms with Crippen LogP contribution in [0.3, 0.4) is 0 Å². The second-order valence-electron chi connectivity index (χ2n) is 4.98. The number of halogens is 1. The lowest BCUT2D eigenvalue weighted by Gasteiger charge is -2.29. The van der Waals surface area contributed by atoms with Crippen LogP contribution in [0.2, 0.25) is 5.15 Å². The number of hydrogen-bond acceptors (Lipinski definition) is 4. The number of hydrogen-bond donors (Lipinski definition) is 2. The molecule has 0 saturated heterocycles. The van der Waals surface area contributed by atoms with Crippen LogP contribution in [0.15, 0.2) is 12.4 Å². The van der Waals surface area contributed by atoms with Crippen molar-refractivity contribution in [2.45, 2.75) is 44.1 Å². The second-order valence-corrected chi connectivity index (χ2v) is 5.37. The van der Waals surface area contributed by atoms with Gasteiger partial charge in [-0.3, -0.25) is 4.79 Å². The molecule has 0 aromatic carbocycles. The number of nitrogens with one attached hydrogen (secondary N) is 1. The van der Waals surface area contributed by atoms with Gasteiger partial charge in [0.25, 0.3) is 5.91 Å². The summed E-state index contributed by atoms with van der Waals surface area (Å²) >= 11 is 5.61. The van der Waals surface area contributed by atoms with E-state index in [1.54, 1.807) is 0 Å². The molecule has 0 atom stereocenters. The van der Waals surface area contributed by atoms with Gasteiger partial charge >= 0.3 is 5.97 Å². The molecule has 1 aromatic heterocycles. The molecule has 1 aromatic rings. The Labute approximate surface area is 121 Å². The number of carboxylic acids is 1. The summed E-state index contributed by atoms with van der Waals surface area (Å²) in [7, 11) is 0. The van der Waals surface area contributed by atoms with E-state index < -0.39 is 17.4 Å². The molecule has 7 heteroatoms. The van der Waals surface area contributed by atoms with Crippen molar-refractivity contribution in [1.82, 2.24) is 15.3 Å². The quantitative estimate of drug-likeness (QED) is 0.833. The zero-order chi connectivity index (χ0) is 14.6. The van der Waals surface area contributed by atoms with Crippen LogP contribution < -0.4 is 5.32 Å². The van der Waals surface area contributed by atoms with Crippen molar-refractivity contribution >= 4 is 23.5 Å².